The molecule has 8 nitrogen and oxygen atoms in total. The van der Waals surface area contributed by atoms with E-state index >= 15 is 0 Å². The molecule has 26 heavy (non-hydrogen) atoms. The minimum Gasteiger partial charge on any atom is -0.356 e. The molecule has 1 aliphatic rings. The van der Waals surface area contributed by atoms with E-state index < -0.39 is 0 Å². The van der Waals surface area contributed by atoms with Gasteiger partial charge in [0.15, 0.2) is 11.5 Å². The van der Waals surface area contributed by atoms with Gasteiger partial charge in [-0.25, -0.2) is 0 Å². The highest BCUT2D eigenvalue weighted by atomic mass is 16.2. The normalized spacial score (nSPS) is 15.6. The molecule has 1 amide bonds. The summed E-state index contributed by atoms with van der Waals surface area (Å²) in [7, 11) is 0. The van der Waals surface area contributed by atoms with E-state index in [0.717, 1.165) is 63.1 Å². The fraction of sp³-hybridized carbons (Fsp3) is 0.667. The molecule has 0 saturated carbocycles. The monoisotopic (exact) mass is 359 g/mol. The molecule has 0 radical (unpaired) electrons. The van der Waals surface area contributed by atoms with Gasteiger partial charge in [-0.3, -0.25) is 4.79 Å². The van der Waals surface area contributed by atoms with Gasteiger partial charge in [-0.15, -0.1) is 15.3 Å². The fourth-order valence-electron chi connectivity index (χ4n) is 3.39. The van der Waals surface area contributed by atoms with Gasteiger partial charge >= 0.3 is 0 Å². The number of carbonyl (C=O) groups excluding carboxylic acids is 1. The summed E-state index contributed by atoms with van der Waals surface area (Å²) in [5.74, 6) is 1.84. The van der Waals surface area contributed by atoms with Crippen LogP contribution in [0, 0.1) is 0 Å². The number of fused-ring (bicyclic) bond motifs is 1. The van der Waals surface area contributed by atoms with Crippen LogP contribution in [0.5, 0.6) is 0 Å². The first kappa shape index (κ1) is 18.6. The number of nitrogens with zero attached hydrogens (tertiary/aromatic N) is 7. The number of anilines is 1. The van der Waals surface area contributed by atoms with Gasteiger partial charge in [-0.05, 0) is 32.5 Å². The summed E-state index contributed by atoms with van der Waals surface area (Å²) in [5, 5.41) is 13.1. The Balaban J connectivity index is 1.65. The largest absolute Gasteiger partial charge is 0.356 e. The molecule has 1 saturated heterocycles. The molecule has 0 unspecified atom stereocenters. The van der Waals surface area contributed by atoms with Crippen molar-refractivity contribution in [3.8, 4) is 0 Å². The zero-order chi connectivity index (χ0) is 18.5. The van der Waals surface area contributed by atoms with Crippen LogP contribution in [0.15, 0.2) is 12.1 Å². The number of piperazine rings is 1. The summed E-state index contributed by atoms with van der Waals surface area (Å²) in [6.07, 6.45) is 1.01. The lowest BCUT2D eigenvalue weighted by molar-refractivity contribution is -0.132. The Morgan fingerprint density at radius 1 is 1.08 bits per heavy atom. The summed E-state index contributed by atoms with van der Waals surface area (Å²) in [5.41, 5.74) is 0.722. The number of rotatable bonds is 7. The van der Waals surface area contributed by atoms with Crippen LogP contribution in [0.4, 0.5) is 5.82 Å². The molecule has 0 aromatic carbocycles. The Morgan fingerprint density at radius 3 is 2.46 bits per heavy atom. The average Bonchev–Trinajstić information content (AvgIpc) is 3.09. The second-order valence-corrected chi connectivity index (χ2v) is 6.57. The minimum absolute atomic E-state index is 0.192. The first-order valence-corrected chi connectivity index (χ1v) is 9.62. The molecule has 2 aromatic rings. The third-order valence-electron chi connectivity index (χ3n) is 5.14. The first-order valence-electron chi connectivity index (χ1n) is 9.62. The van der Waals surface area contributed by atoms with E-state index in [4.69, 9.17) is 0 Å². The summed E-state index contributed by atoms with van der Waals surface area (Å²) < 4.78 is 1.77. The van der Waals surface area contributed by atoms with Crippen molar-refractivity contribution in [2.24, 2.45) is 0 Å². The van der Waals surface area contributed by atoms with Crippen molar-refractivity contribution in [1.29, 1.82) is 0 Å². The van der Waals surface area contributed by atoms with Crippen molar-refractivity contribution in [3.63, 3.8) is 0 Å². The molecule has 0 aliphatic carbocycles. The van der Waals surface area contributed by atoms with Crippen LogP contribution in [-0.4, -0.2) is 81.3 Å². The molecular formula is C18H29N7O. The van der Waals surface area contributed by atoms with Gasteiger partial charge in [-0.1, -0.05) is 6.92 Å². The number of hydrogen-bond acceptors (Lipinski definition) is 6. The number of likely N-dealkylation sites (N-methyl/N-ethyl adjacent to an activating group) is 1. The second-order valence-electron chi connectivity index (χ2n) is 6.57. The van der Waals surface area contributed by atoms with Crippen LogP contribution in [0.2, 0.25) is 0 Å². The quantitative estimate of drug-likeness (QED) is 0.736. The van der Waals surface area contributed by atoms with Crippen molar-refractivity contribution in [2.75, 3.05) is 50.7 Å². The van der Waals surface area contributed by atoms with Crippen LogP contribution >= 0.6 is 0 Å². The Bertz CT molecular complexity index is 732. The number of hydrogen-bond donors (Lipinski definition) is 0. The summed E-state index contributed by atoms with van der Waals surface area (Å²) in [6.45, 7) is 12.8. The molecule has 142 valence electrons. The van der Waals surface area contributed by atoms with Gasteiger partial charge in [0.1, 0.15) is 5.82 Å². The van der Waals surface area contributed by atoms with E-state index in [-0.39, 0.29) is 5.91 Å². The van der Waals surface area contributed by atoms with Crippen LogP contribution in [0.3, 0.4) is 0 Å². The van der Waals surface area contributed by atoms with E-state index in [1.165, 1.54) is 0 Å². The SMILES string of the molecule is CCN1CCN(C(=O)CCc2nnc3ccc(N(CC)CC)nn23)CC1. The van der Waals surface area contributed by atoms with Crippen molar-refractivity contribution in [1.82, 2.24) is 29.6 Å². The average molecular weight is 359 g/mol. The first-order chi connectivity index (χ1) is 12.7. The molecule has 0 atom stereocenters. The Morgan fingerprint density at radius 2 is 1.81 bits per heavy atom. The van der Waals surface area contributed by atoms with Gasteiger partial charge in [0.25, 0.3) is 0 Å². The van der Waals surface area contributed by atoms with E-state index in [2.05, 4.69) is 45.9 Å². The maximum absolute atomic E-state index is 12.5. The van der Waals surface area contributed by atoms with E-state index in [9.17, 15) is 4.79 Å². The van der Waals surface area contributed by atoms with E-state index in [1.807, 2.05) is 17.0 Å². The zero-order valence-corrected chi connectivity index (χ0v) is 16.1. The van der Waals surface area contributed by atoms with Crippen molar-refractivity contribution < 1.29 is 4.79 Å². The van der Waals surface area contributed by atoms with Gasteiger partial charge in [-0.2, -0.15) is 4.52 Å². The van der Waals surface area contributed by atoms with Crippen LogP contribution in [0.25, 0.3) is 5.65 Å². The highest BCUT2D eigenvalue weighted by Crippen LogP contribution is 2.13. The zero-order valence-electron chi connectivity index (χ0n) is 16.1. The lowest BCUT2D eigenvalue weighted by Gasteiger charge is -2.34. The van der Waals surface area contributed by atoms with Crippen LogP contribution in [0.1, 0.15) is 33.0 Å². The topological polar surface area (TPSA) is 69.9 Å². The van der Waals surface area contributed by atoms with Crippen LogP contribution < -0.4 is 4.90 Å². The molecule has 8 heteroatoms. The number of aromatic nitrogens is 4. The van der Waals surface area contributed by atoms with E-state index in [1.54, 1.807) is 4.52 Å². The molecule has 1 aliphatic heterocycles. The molecule has 0 N–H and O–H groups in total. The number of amides is 1. The third-order valence-corrected chi connectivity index (χ3v) is 5.14. The third kappa shape index (κ3) is 3.95. The van der Waals surface area contributed by atoms with Crippen molar-refractivity contribution in [2.45, 2.75) is 33.6 Å². The lowest BCUT2D eigenvalue weighted by atomic mass is 10.2. The van der Waals surface area contributed by atoms with Gasteiger partial charge in [0, 0.05) is 52.1 Å². The number of carbonyl (C=O) groups is 1. The van der Waals surface area contributed by atoms with Crippen molar-refractivity contribution in [3.05, 3.63) is 18.0 Å². The van der Waals surface area contributed by atoms with Crippen LogP contribution in [-0.2, 0) is 11.2 Å². The molecule has 0 bridgehead atoms. The molecule has 3 rings (SSSR count). The predicted molar refractivity (Wildman–Crippen MR) is 101 cm³/mol. The fourth-order valence-corrected chi connectivity index (χ4v) is 3.39. The Kier molecular flexibility index (Phi) is 6.03. The highest BCUT2D eigenvalue weighted by Gasteiger charge is 2.20. The smallest absolute Gasteiger partial charge is 0.223 e. The Labute approximate surface area is 154 Å². The molecule has 2 aromatic heterocycles. The maximum Gasteiger partial charge on any atom is 0.223 e. The summed E-state index contributed by atoms with van der Waals surface area (Å²) >= 11 is 0. The van der Waals surface area contributed by atoms with E-state index in [0.29, 0.717) is 12.8 Å². The van der Waals surface area contributed by atoms with Gasteiger partial charge in [0.2, 0.25) is 5.91 Å². The highest BCUT2D eigenvalue weighted by molar-refractivity contribution is 5.76. The molecule has 1 fully saturated rings. The molecular weight excluding hydrogens is 330 g/mol. The Hall–Kier alpha value is -2.22. The predicted octanol–water partition coefficient (Wildman–Crippen LogP) is 1.07. The minimum atomic E-state index is 0.192. The molecule has 0 spiro atoms. The lowest BCUT2D eigenvalue weighted by Crippen LogP contribution is -2.48. The number of aryl methyl sites for hydroxylation is 1. The summed E-state index contributed by atoms with van der Waals surface area (Å²) in [6, 6.07) is 3.90. The van der Waals surface area contributed by atoms with Gasteiger partial charge < -0.3 is 14.7 Å². The standard InChI is InChI=1S/C18H29N7O/c1-4-22-11-13-24(14-12-22)18(26)10-9-16-20-19-15-7-8-17(21-25(15)16)23(5-2)6-3/h7-8H,4-6,9-14H2,1-3H3. The molecule has 3 heterocycles. The summed E-state index contributed by atoms with van der Waals surface area (Å²) in [4.78, 5) is 19.0. The van der Waals surface area contributed by atoms with Gasteiger partial charge in [0.05, 0.1) is 0 Å². The van der Waals surface area contributed by atoms with Crippen molar-refractivity contribution >= 4 is 17.4 Å². The maximum atomic E-state index is 12.5. The second kappa shape index (κ2) is 8.44.